The fourth-order valence-corrected chi connectivity index (χ4v) is 2.46. The van der Waals surface area contributed by atoms with Crippen molar-refractivity contribution in [3.05, 3.63) is 35.5 Å². The molecule has 0 saturated heterocycles. The lowest BCUT2D eigenvalue weighted by Gasteiger charge is -2.15. The van der Waals surface area contributed by atoms with E-state index in [1.807, 2.05) is 0 Å². The first-order valence-electron chi connectivity index (χ1n) is 8.32. The van der Waals surface area contributed by atoms with Gasteiger partial charge in [-0.05, 0) is 30.7 Å². The maximum atomic E-state index is 12.4. The van der Waals surface area contributed by atoms with E-state index < -0.39 is 5.97 Å². The standard InChI is InChI=1S/C18H24N2O5/c1-3-4-11-25-14-7-5-13(6-8-14)19-16-15(18(23)24-2)12-20(9-10-21)17(16)22/h5-8,19,21H,3-4,9-12H2,1-2H3. The highest BCUT2D eigenvalue weighted by atomic mass is 16.5. The monoisotopic (exact) mass is 348 g/mol. The van der Waals surface area contributed by atoms with E-state index in [1.165, 1.54) is 12.0 Å². The normalized spacial score (nSPS) is 14.0. The van der Waals surface area contributed by atoms with Gasteiger partial charge < -0.3 is 24.8 Å². The fourth-order valence-electron chi connectivity index (χ4n) is 2.46. The van der Waals surface area contributed by atoms with Crippen LogP contribution in [0.15, 0.2) is 35.5 Å². The molecule has 0 aromatic heterocycles. The van der Waals surface area contributed by atoms with E-state index >= 15 is 0 Å². The summed E-state index contributed by atoms with van der Waals surface area (Å²) in [7, 11) is 1.27. The Morgan fingerprint density at radius 1 is 1.32 bits per heavy atom. The van der Waals surface area contributed by atoms with Crippen molar-refractivity contribution in [1.29, 1.82) is 0 Å². The van der Waals surface area contributed by atoms with Gasteiger partial charge >= 0.3 is 5.97 Å². The molecule has 1 amide bonds. The lowest BCUT2D eigenvalue weighted by Crippen LogP contribution is -2.31. The summed E-state index contributed by atoms with van der Waals surface area (Å²) >= 11 is 0. The van der Waals surface area contributed by atoms with E-state index in [0.717, 1.165) is 18.6 Å². The lowest BCUT2D eigenvalue weighted by atomic mass is 10.2. The van der Waals surface area contributed by atoms with Crippen LogP contribution in [0.3, 0.4) is 0 Å². The van der Waals surface area contributed by atoms with Gasteiger partial charge in [0, 0.05) is 12.2 Å². The first-order valence-corrected chi connectivity index (χ1v) is 8.32. The van der Waals surface area contributed by atoms with Gasteiger partial charge in [0.1, 0.15) is 11.4 Å². The Morgan fingerprint density at radius 3 is 2.64 bits per heavy atom. The quantitative estimate of drug-likeness (QED) is 0.520. The Balaban J connectivity index is 2.12. The predicted molar refractivity (Wildman–Crippen MR) is 93.2 cm³/mol. The average molecular weight is 348 g/mol. The number of nitrogens with zero attached hydrogens (tertiary/aromatic N) is 1. The molecule has 25 heavy (non-hydrogen) atoms. The number of aliphatic hydroxyl groups is 1. The molecule has 0 bridgehead atoms. The number of anilines is 1. The molecule has 0 atom stereocenters. The van der Waals surface area contributed by atoms with Crippen molar-refractivity contribution >= 4 is 17.6 Å². The molecule has 0 radical (unpaired) electrons. The number of amides is 1. The van der Waals surface area contributed by atoms with Gasteiger partial charge in [0.25, 0.3) is 5.91 Å². The Bertz CT molecular complexity index is 639. The molecular weight excluding hydrogens is 324 g/mol. The molecule has 136 valence electrons. The van der Waals surface area contributed by atoms with Crippen LogP contribution in [0.4, 0.5) is 5.69 Å². The Labute approximate surface area is 147 Å². The second-order valence-corrected chi connectivity index (χ2v) is 5.65. The Morgan fingerprint density at radius 2 is 2.04 bits per heavy atom. The number of carbonyl (C=O) groups is 2. The molecule has 0 unspecified atom stereocenters. The Kier molecular flexibility index (Phi) is 6.82. The number of β-amino-alcohol motifs (C(OH)–C–C–N with tert-alkyl or cyclic N) is 1. The molecular formula is C18H24N2O5. The molecule has 7 heteroatoms. The number of aliphatic hydroxyl groups excluding tert-OH is 1. The number of carbonyl (C=O) groups excluding carboxylic acids is 2. The van der Waals surface area contributed by atoms with Crippen LogP contribution in [-0.2, 0) is 14.3 Å². The number of hydrogen-bond acceptors (Lipinski definition) is 6. The molecule has 1 heterocycles. The number of nitrogens with one attached hydrogen (secondary N) is 1. The third kappa shape index (κ3) is 4.73. The number of ether oxygens (including phenoxy) is 2. The third-order valence-corrected chi connectivity index (χ3v) is 3.84. The van der Waals surface area contributed by atoms with Gasteiger partial charge in [0.2, 0.25) is 0 Å². The van der Waals surface area contributed by atoms with Crippen LogP contribution in [0.25, 0.3) is 0 Å². The number of rotatable bonds is 9. The second kappa shape index (κ2) is 9.08. The van der Waals surface area contributed by atoms with Crippen molar-refractivity contribution in [2.45, 2.75) is 19.8 Å². The highest BCUT2D eigenvalue weighted by Gasteiger charge is 2.34. The molecule has 0 spiro atoms. The molecule has 1 aromatic carbocycles. The van der Waals surface area contributed by atoms with E-state index in [9.17, 15) is 9.59 Å². The summed E-state index contributed by atoms with van der Waals surface area (Å²) in [6, 6.07) is 7.18. The molecule has 0 saturated carbocycles. The van der Waals surface area contributed by atoms with Gasteiger partial charge in [-0.15, -0.1) is 0 Å². The van der Waals surface area contributed by atoms with Crippen LogP contribution in [0.2, 0.25) is 0 Å². The maximum absolute atomic E-state index is 12.4. The SMILES string of the molecule is CCCCOc1ccc(NC2=C(C(=O)OC)CN(CCO)C2=O)cc1. The van der Waals surface area contributed by atoms with Crippen LogP contribution in [0.5, 0.6) is 5.75 Å². The number of esters is 1. The number of unbranched alkanes of at least 4 members (excludes halogenated alkanes) is 1. The summed E-state index contributed by atoms with van der Waals surface area (Å²) in [4.78, 5) is 25.8. The van der Waals surface area contributed by atoms with E-state index in [4.69, 9.17) is 14.6 Å². The summed E-state index contributed by atoms with van der Waals surface area (Å²) in [5.74, 6) is -0.144. The van der Waals surface area contributed by atoms with Crippen LogP contribution >= 0.6 is 0 Å². The highest BCUT2D eigenvalue weighted by molar-refractivity contribution is 6.08. The number of benzene rings is 1. The smallest absolute Gasteiger partial charge is 0.337 e. The third-order valence-electron chi connectivity index (χ3n) is 3.84. The zero-order chi connectivity index (χ0) is 18.2. The van der Waals surface area contributed by atoms with Crippen LogP contribution in [0, 0.1) is 0 Å². The summed E-state index contributed by atoms with van der Waals surface area (Å²) in [6.07, 6.45) is 2.06. The molecule has 0 fully saturated rings. The first-order chi connectivity index (χ1) is 12.1. The predicted octanol–water partition coefficient (Wildman–Crippen LogP) is 1.54. The van der Waals surface area contributed by atoms with Crippen molar-refractivity contribution in [3.8, 4) is 5.75 Å². The average Bonchev–Trinajstić information content (AvgIpc) is 2.93. The van der Waals surface area contributed by atoms with Gasteiger partial charge in [-0.2, -0.15) is 0 Å². The molecule has 2 N–H and O–H groups in total. The minimum absolute atomic E-state index is 0.118. The fraction of sp³-hybridized carbons (Fsp3) is 0.444. The van der Waals surface area contributed by atoms with Crippen molar-refractivity contribution in [2.75, 3.05) is 38.7 Å². The molecule has 1 aliphatic rings. The van der Waals surface area contributed by atoms with E-state index in [2.05, 4.69) is 12.2 Å². The second-order valence-electron chi connectivity index (χ2n) is 5.65. The Hall–Kier alpha value is -2.54. The summed E-state index contributed by atoms with van der Waals surface area (Å²) < 4.78 is 10.4. The first kappa shape index (κ1) is 18.8. The van der Waals surface area contributed by atoms with Crippen molar-refractivity contribution in [1.82, 2.24) is 4.90 Å². The van der Waals surface area contributed by atoms with Gasteiger partial charge in [0.05, 0.1) is 32.4 Å². The van der Waals surface area contributed by atoms with Gasteiger partial charge in [-0.25, -0.2) is 4.79 Å². The van der Waals surface area contributed by atoms with Gasteiger partial charge in [0.15, 0.2) is 0 Å². The molecule has 1 aromatic rings. The van der Waals surface area contributed by atoms with E-state index in [0.29, 0.717) is 12.3 Å². The molecule has 2 rings (SSSR count). The number of hydrogen-bond donors (Lipinski definition) is 2. The lowest BCUT2D eigenvalue weighted by molar-refractivity contribution is -0.136. The van der Waals surface area contributed by atoms with Gasteiger partial charge in [-0.1, -0.05) is 13.3 Å². The molecule has 7 nitrogen and oxygen atoms in total. The highest BCUT2D eigenvalue weighted by Crippen LogP contribution is 2.24. The zero-order valence-corrected chi connectivity index (χ0v) is 14.6. The summed E-state index contributed by atoms with van der Waals surface area (Å²) in [5, 5.41) is 12.0. The van der Waals surface area contributed by atoms with E-state index in [-0.39, 0.29) is 36.9 Å². The molecule has 0 aliphatic carbocycles. The summed E-state index contributed by atoms with van der Waals surface area (Å²) in [5.41, 5.74) is 1.10. The van der Waals surface area contributed by atoms with Crippen LogP contribution < -0.4 is 10.1 Å². The van der Waals surface area contributed by atoms with E-state index in [1.54, 1.807) is 24.3 Å². The summed E-state index contributed by atoms with van der Waals surface area (Å²) in [6.45, 7) is 2.87. The van der Waals surface area contributed by atoms with Crippen LogP contribution in [-0.4, -0.2) is 55.3 Å². The molecule has 1 aliphatic heterocycles. The zero-order valence-electron chi connectivity index (χ0n) is 14.6. The minimum Gasteiger partial charge on any atom is -0.494 e. The van der Waals surface area contributed by atoms with Crippen molar-refractivity contribution < 1.29 is 24.2 Å². The van der Waals surface area contributed by atoms with Gasteiger partial charge in [-0.3, -0.25) is 4.79 Å². The minimum atomic E-state index is -0.559. The van der Waals surface area contributed by atoms with Crippen molar-refractivity contribution in [2.24, 2.45) is 0 Å². The number of methoxy groups -OCH3 is 1. The maximum Gasteiger partial charge on any atom is 0.337 e. The van der Waals surface area contributed by atoms with Crippen LogP contribution in [0.1, 0.15) is 19.8 Å². The largest absolute Gasteiger partial charge is 0.494 e. The van der Waals surface area contributed by atoms with Crippen molar-refractivity contribution in [3.63, 3.8) is 0 Å². The topological polar surface area (TPSA) is 88.1 Å².